The topological polar surface area (TPSA) is 46.0 Å². The van der Waals surface area contributed by atoms with Crippen molar-refractivity contribution in [2.24, 2.45) is 5.92 Å². The van der Waals surface area contributed by atoms with Crippen molar-refractivity contribution in [2.45, 2.75) is 53.2 Å². The van der Waals surface area contributed by atoms with Gasteiger partial charge in [-0.3, -0.25) is 9.58 Å². The first-order valence-corrected chi connectivity index (χ1v) is 9.77. The molecule has 0 saturated carbocycles. The zero-order valence-electron chi connectivity index (χ0n) is 15.7. The van der Waals surface area contributed by atoms with Crippen LogP contribution in [0.5, 0.6) is 0 Å². The zero-order chi connectivity index (χ0) is 17.1. The van der Waals surface area contributed by atoms with Crippen LogP contribution in [0.1, 0.15) is 48.1 Å². The van der Waals surface area contributed by atoms with Gasteiger partial charge >= 0.3 is 0 Å². The molecule has 0 aromatic carbocycles. The molecule has 0 aliphatic carbocycles. The number of aryl methyl sites for hydroxylation is 2. The minimum Gasteiger partial charge on any atom is -0.316 e. The Kier molecular flexibility index (Phi) is 7.43. The average molecular weight is 384 g/mol. The van der Waals surface area contributed by atoms with Crippen LogP contribution in [0, 0.1) is 19.8 Å². The summed E-state index contributed by atoms with van der Waals surface area (Å²) in [5.41, 5.74) is 5.63. The number of hydrogen-bond donors (Lipinski definition) is 1. The largest absolute Gasteiger partial charge is 0.316 e. The van der Waals surface area contributed by atoms with Gasteiger partial charge in [0.05, 0.1) is 16.9 Å². The second kappa shape index (κ2) is 9.12. The number of hydrogen-bond acceptors (Lipinski definition) is 5. The highest BCUT2D eigenvalue weighted by Gasteiger charge is 2.21. The van der Waals surface area contributed by atoms with Gasteiger partial charge in [-0.1, -0.05) is 0 Å². The maximum atomic E-state index is 4.68. The van der Waals surface area contributed by atoms with Gasteiger partial charge < -0.3 is 5.32 Å². The van der Waals surface area contributed by atoms with Gasteiger partial charge in [-0.05, 0) is 53.1 Å². The number of halogens is 1. The molecule has 140 valence electrons. The first-order chi connectivity index (χ1) is 11.5. The molecule has 3 heterocycles. The number of nitrogens with zero attached hydrogens (tertiary/aromatic N) is 4. The summed E-state index contributed by atoms with van der Waals surface area (Å²) in [6.45, 7) is 14.0. The van der Waals surface area contributed by atoms with Gasteiger partial charge in [0, 0.05) is 42.3 Å². The third-order valence-corrected chi connectivity index (χ3v) is 5.75. The van der Waals surface area contributed by atoms with Gasteiger partial charge in [0.2, 0.25) is 0 Å². The molecular weight excluding hydrogens is 354 g/mol. The fourth-order valence-electron chi connectivity index (χ4n) is 3.28. The maximum absolute atomic E-state index is 4.68. The Morgan fingerprint density at radius 2 is 2.12 bits per heavy atom. The van der Waals surface area contributed by atoms with Crippen molar-refractivity contribution in [3.8, 4) is 0 Å². The molecule has 1 aliphatic heterocycles. The minimum atomic E-state index is 0. The van der Waals surface area contributed by atoms with Crippen molar-refractivity contribution in [2.75, 3.05) is 19.6 Å². The van der Waals surface area contributed by atoms with E-state index in [1.165, 1.54) is 22.6 Å². The van der Waals surface area contributed by atoms with E-state index in [-0.39, 0.29) is 12.4 Å². The summed E-state index contributed by atoms with van der Waals surface area (Å²) in [4.78, 5) is 8.38. The van der Waals surface area contributed by atoms with Crippen LogP contribution in [0.15, 0.2) is 11.7 Å². The molecule has 1 saturated heterocycles. The molecule has 1 N–H and O–H groups in total. The predicted octanol–water partition coefficient (Wildman–Crippen LogP) is 3.57. The van der Waals surface area contributed by atoms with E-state index in [1.54, 1.807) is 11.3 Å². The van der Waals surface area contributed by atoms with E-state index >= 15 is 0 Å². The molecule has 25 heavy (non-hydrogen) atoms. The highest BCUT2D eigenvalue weighted by atomic mass is 35.5. The fraction of sp³-hybridized carbons (Fsp3) is 0.667. The lowest BCUT2D eigenvalue weighted by Gasteiger charge is -2.24. The molecule has 0 bridgehead atoms. The molecule has 1 fully saturated rings. The highest BCUT2D eigenvalue weighted by Crippen LogP contribution is 2.21. The van der Waals surface area contributed by atoms with Gasteiger partial charge in [0.15, 0.2) is 0 Å². The van der Waals surface area contributed by atoms with E-state index < -0.39 is 0 Å². The van der Waals surface area contributed by atoms with E-state index in [9.17, 15) is 0 Å². The van der Waals surface area contributed by atoms with Crippen molar-refractivity contribution >= 4 is 23.7 Å². The fourth-order valence-corrected chi connectivity index (χ4v) is 4.10. The molecule has 1 aliphatic rings. The molecule has 0 spiro atoms. The molecule has 1 atom stereocenters. The van der Waals surface area contributed by atoms with Crippen molar-refractivity contribution in [3.63, 3.8) is 0 Å². The third-order valence-electron chi connectivity index (χ3n) is 4.83. The Hall–Kier alpha value is -0.950. The molecule has 3 rings (SSSR count). The van der Waals surface area contributed by atoms with Crippen molar-refractivity contribution < 1.29 is 0 Å². The monoisotopic (exact) mass is 383 g/mol. The molecule has 5 nitrogen and oxygen atoms in total. The van der Waals surface area contributed by atoms with Gasteiger partial charge in [0.1, 0.15) is 0 Å². The van der Waals surface area contributed by atoms with Crippen LogP contribution in [0.4, 0.5) is 0 Å². The molecule has 0 radical (unpaired) electrons. The van der Waals surface area contributed by atoms with E-state index in [0.29, 0.717) is 6.04 Å². The van der Waals surface area contributed by atoms with Crippen LogP contribution in [0.3, 0.4) is 0 Å². The molecule has 7 heteroatoms. The zero-order valence-corrected chi connectivity index (χ0v) is 17.3. The van der Waals surface area contributed by atoms with Crippen molar-refractivity contribution in [1.29, 1.82) is 0 Å². The number of aromatic nitrogens is 3. The molecule has 0 amide bonds. The Labute approximate surface area is 161 Å². The van der Waals surface area contributed by atoms with Crippen LogP contribution in [0.25, 0.3) is 0 Å². The molecule has 2 aromatic rings. The lowest BCUT2D eigenvalue weighted by atomic mass is 10.1. The summed E-state index contributed by atoms with van der Waals surface area (Å²) in [6, 6.07) is 0.411. The quantitative estimate of drug-likeness (QED) is 0.793. The Morgan fingerprint density at radius 1 is 1.32 bits per heavy atom. The predicted molar refractivity (Wildman–Crippen MR) is 107 cm³/mol. The molecular formula is C18H30ClN5S. The Bertz CT molecular complexity index is 660. The van der Waals surface area contributed by atoms with Gasteiger partial charge in [-0.2, -0.15) is 5.10 Å². The van der Waals surface area contributed by atoms with E-state index in [2.05, 4.69) is 58.9 Å². The average Bonchev–Trinajstić information content (AvgIpc) is 3.24. The SMILES string of the molecule is Cc1nn(C(C)C)cc1CN(Cc1scnc1C)CC1CCNC1.Cl. The third kappa shape index (κ3) is 5.26. The first kappa shape index (κ1) is 20.4. The van der Waals surface area contributed by atoms with E-state index in [1.807, 2.05) is 5.51 Å². The van der Waals surface area contributed by atoms with Gasteiger partial charge in [0.25, 0.3) is 0 Å². The lowest BCUT2D eigenvalue weighted by molar-refractivity contribution is 0.221. The summed E-state index contributed by atoms with van der Waals surface area (Å²) in [5.74, 6) is 0.749. The molecule has 1 unspecified atom stereocenters. The smallest absolute Gasteiger partial charge is 0.0798 e. The van der Waals surface area contributed by atoms with Gasteiger partial charge in [-0.15, -0.1) is 23.7 Å². The first-order valence-electron chi connectivity index (χ1n) is 8.89. The summed E-state index contributed by atoms with van der Waals surface area (Å²) in [6.07, 6.45) is 3.50. The normalized spacial score (nSPS) is 17.4. The van der Waals surface area contributed by atoms with Gasteiger partial charge in [-0.25, -0.2) is 4.98 Å². The van der Waals surface area contributed by atoms with Crippen LogP contribution in [-0.4, -0.2) is 39.3 Å². The van der Waals surface area contributed by atoms with Crippen LogP contribution < -0.4 is 5.32 Å². The summed E-state index contributed by atoms with van der Waals surface area (Å²) < 4.78 is 2.08. The second-order valence-electron chi connectivity index (χ2n) is 7.20. The number of thiazole rings is 1. The van der Waals surface area contributed by atoms with Crippen molar-refractivity contribution in [1.82, 2.24) is 25.0 Å². The summed E-state index contributed by atoms with van der Waals surface area (Å²) >= 11 is 1.77. The summed E-state index contributed by atoms with van der Waals surface area (Å²) in [7, 11) is 0. The van der Waals surface area contributed by atoms with E-state index in [0.717, 1.165) is 44.3 Å². The highest BCUT2D eigenvalue weighted by molar-refractivity contribution is 7.09. The Morgan fingerprint density at radius 3 is 2.68 bits per heavy atom. The standard InChI is InChI=1S/C18H29N5S.ClH/c1-13(2)23-10-17(14(3)21-23)9-22(8-16-5-6-19-7-16)11-18-15(4)20-12-24-18;/h10,12-13,16,19H,5-9,11H2,1-4H3;1H. The maximum Gasteiger partial charge on any atom is 0.0798 e. The second-order valence-corrected chi connectivity index (χ2v) is 8.14. The summed E-state index contributed by atoms with van der Waals surface area (Å²) in [5, 5.41) is 8.17. The molecule has 2 aromatic heterocycles. The van der Waals surface area contributed by atoms with Crippen LogP contribution >= 0.6 is 23.7 Å². The van der Waals surface area contributed by atoms with Crippen LogP contribution in [-0.2, 0) is 13.1 Å². The Balaban J connectivity index is 0.00000225. The lowest BCUT2D eigenvalue weighted by Crippen LogP contribution is -2.30. The minimum absolute atomic E-state index is 0. The van der Waals surface area contributed by atoms with Crippen LogP contribution in [0.2, 0.25) is 0 Å². The van der Waals surface area contributed by atoms with E-state index in [4.69, 9.17) is 0 Å². The number of rotatable bonds is 7. The van der Waals surface area contributed by atoms with Crippen molar-refractivity contribution in [3.05, 3.63) is 33.5 Å². The number of nitrogens with one attached hydrogen (secondary N) is 1.